The van der Waals surface area contributed by atoms with Crippen molar-refractivity contribution in [2.45, 2.75) is 39.0 Å². The van der Waals surface area contributed by atoms with Gasteiger partial charge in [-0.2, -0.15) is 5.10 Å². The fourth-order valence-electron chi connectivity index (χ4n) is 3.41. The Morgan fingerprint density at radius 3 is 2.93 bits per heavy atom. The minimum Gasteiger partial charge on any atom is -0.459 e. The first-order valence-electron chi connectivity index (χ1n) is 9.71. The summed E-state index contributed by atoms with van der Waals surface area (Å²) in [6.07, 6.45) is 6.34. The monoisotopic (exact) mass is 396 g/mol. The van der Waals surface area contributed by atoms with Crippen LogP contribution in [0.1, 0.15) is 38.1 Å². The molecule has 1 aliphatic rings. The summed E-state index contributed by atoms with van der Waals surface area (Å²) < 4.78 is 19.0. The first-order chi connectivity index (χ1) is 14.1. The molecule has 4 rings (SSSR count). The van der Waals surface area contributed by atoms with Crippen molar-refractivity contribution in [2.75, 3.05) is 19.0 Å². The molecule has 1 fully saturated rings. The minimum absolute atomic E-state index is 0.103. The Labute approximate surface area is 168 Å². The van der Waals surface area contributed by atoms with Gasteiger partial charge in [-0.1, -0.05) is 0 Å². The zero-order valence-corrected chi connectivity index (χ0v) is 16.6. The highest BCUT2D eigenvalue weighted by Crippen LogP contribution is 2.32. The lowest BCUT2D eigenvalue weighted by atomic mass is 10.1. The van der Waals surface area contributed by atoms with Crippen LogP contribution < -0.4 is 10.1 Å². The lowest BCUT2D eigenvalue weighted by Crippen LogP contribution is -2.19. The molecule has 0 saturated carbocycles. The maximum Gasteiger partial charge on any atom is 0.303 e. The van der Waals surface area contributed by atoms with Crippen molar-refractivity contribution in [1.82, 2.24) is 14.8 Å². The van der Waals surface area contributed by atoms with E-state index in [9.17, 15) is 4.79 Å². The number of fused-ring (bicyclic) bond motifs is 1. The van der Waals surface area contributed by atoms with E-state index in [0.29, 0.717) is 17.2 Å². The lowest BCUT2D eigenvalue weighted by molar-refractivity contribution is -0.142. The van der Waals surface area contributed by atoms with Crippen LogP contribution in [-0.2, 0) is 20.9 Å². The normalized spacial score (nSPS) is 16.6. The number of carbonyl (C=O) groups excluding carboxylic acids is 1. The van der Waals surface area contributed by atoms with Crippen LogP contribution in [0.25, 0.3) is 10.9 Å². The van der Waals surface area contributed by atoms with Gasteiger partial charge in [-0.25, -0.2) is 4.68 Å². The second-order valence-corrected chi connectivity index (χ2v) is 6.93. The third-order valence-electron chi connectivity index (χ3n) is 4.83. The van der Waals surface area contributed by atoms with E-state index in [2.05, 4.69) is 10.3 Å². The SMILES string of the molecule is CNc1cncc(Oc2ccc3c(c2)c(COC(C)=O)nn3C2CCCCO2)c1. The van der Waals surface area contributed by atoms with Crippen molar-refractivity contribution in [1.29, 1.82) is 0 Å². The number of hydrogen-bond acceptors (Lipinski definition) is 7. The number of esters is 1. The topological polar surface area (TPSA) is 87.5 Å². The highest BCUT2D eigenvalue weighted by atomic mass is 16.5. The standard InChI is InChI=1S/C21H24N4O4/c1-14(26)28-13-19-18-10-16(29-17-9-15(22-2)11-23-12-17)6-7-20(18)25(24-19)21-5-3-4-8-27-21/h6-7,9-12,21-22H,3-5,8,13H2,1-2H3. The Hall–Kier alpha value is -3.13. The summed E-state index contributed by atoms with van der Waals surface area (Å²) in [5.41, 5.74) is 2.46. The summed E-state index contributed by atoms with van der Waals surface area (Å²) in [6, 6.07) is 7.63. The summed E-state index contributed by atoms with van der Waals surface area (Å²) in [4.78, 5) is 15.5. The van der Waals surface area contributed by atoms with Crippen LogP contribution in [0, 0.1) is 0 Å². The number of nitrogens with zero attached hydrogens (tertiary/aromatic N) is 3. The maximum absolute atomic E-state index is 11.3. The van der Waals surface area contributed by atoms with E-state index in [1.807, 2.05) is 36.0 Å². The van der Waals surface area contributed by atoms with Crippen molar-refractivity contribution in [2.24, 2.45) is 0 Å². The molecule has 3 heterocycles. The van der Waals surface area contributed by atoms with Gasteiger partial charge >= 0.3 is 5.97 Å². The van der Waals surface area contributed by atoms with Crippen LogP contribution in [0.3, 0.4) is 0 Å². The predicted octanol–water partition coefficient (Wildman–Crippen LogP) is 4.03. The number of carbonyl (C=O) groups is 1. The molecule has 8 heteroatoms. The number of anilines is 1. The molecular formula is C21H24N4O4. The van der Waals surface area contributed by atoms with Crippen molar-refractivity contribution in [3.8, 4) is 11.5 Å². The van der Waals surface area contributed by atoms with Gasteiger partial charge in [-0.15, -0.1) is 0 Å². The fraction of sp³-hybridized carbons (Fsp3) is 0.381. The number of ether oxygens (including phenoxy) is 3. The zero-order valence-electron chi connectivity index (χ0n) is 16.6. The molecule has 8 nitrogen and oxygen atoms in total. The van der Waals surface area contributed by atoms with Gasteiger partial charge < -0.3 is 19.5 Å². The molecule has 0 radical (unpaired) electrons. The molecule has 1 N–H and O–H groups in total. The number of nitrogens with one attached hydrogen (secondary N) is 1. The molecule has 152 valence electrons. The molecule has 3 aromatic rings. The molecule has 1 aromatic carbocycles. The zero-order chi connectivity index (χ0) is 20.2. The molecule has 1 atom stereocenters. The van der Waals surface area contributed by atoms with Gasteiger partial charge in [0.2, 0.25) is 0 Å². The Morgan fingerprint density at radius 1 is 1.28 bits per heavy atom. The van der Waals surface area contributed by atoms with Gasteiger partial charge in [0, 0.05) is 32.0 Å². The molecule has 0 amide bonds. The second kappa shape index (κ2) is 8.48. The number of pyridine rings is 1. The minimum atomic E-state index is -0.344. The second-order valence-electron chi connectivity index (χ2n) is 6.93. The van der Waals surface area contributed by atoms with E-state index in [1.54, 1.807) is 12.4 Å². The van der Waals surface area contributed by atoms with E-state index >= 15 is 0 Å². The largest absolute Gasteiger partial charge is 0.459 e. The van der Waals surface area contributed by atoms with Gasteiger partial charge in [0.05, 0.1) is 23.6 Å². The van der Waals surface area contributed by atoms with Crippen LogP contribution >= 0.6 is 0 Å². The Morgan fingerprint density at radius 2 is 2.17 bits per heavy atom. The third-order valence-corrected chi connectivity index (χ3v) is 4.83. The number of benzene rings is 1. The molecule has 2 aromatic heterocycles. The summed E-state index contributed by atoms with van der Waals surface area (Å²) in [5.74, 6) is 0.936. The van der Waals surface area contributed by atoms with E-state index in [1.165, 1.54) is 6.92 Å². The van der Waals surface area contributed by atoms with Gasteiger partial charge in [0.25, 0.3) is 0 Å². The molecule has 1 saturated heterocycles. The molecule has 1 aliphatic heterocycles. The van der Waals surface area contributed by atoms with Crippen molar-refractivity contribution in [3.63, 3.8) is 0 Å². The van der Waals surface area contributed by atoms with Crippen LogP contribution in [0.2, 0.25) is 0 Å². The van der Waals surface area contributed by atoms with Gasteiger partial charge in [-0.3, -0.25) is 9.78 Å². The summed E-state index contributed by atoms with van der Waals surface area (Å²) in [7, 11) is 1.83. The van der Waals surface area contributed by atoms with Gasteiger partial charge in [0.1, 0.15) is 23.8 Å². The Bertz CT molecular complexity index is 1010. The average molecular weight is 396 g/mol. The molecule has 29 heavy (non-hydrogen) atoms. The van der Waals surface area contributed by atoms with Crippen LogP contribution in [0.15, 0.2) is 36.7 Å². The highest BCUT2D eigenvalue weighted by Gasteiger charge is 2.22. The number of rotatable bonds is 6. The van der Waals surface area contributed by atoms with Gasteiger partial charge in [-0.05, 0) is 37.5 Å². The molecular weight excluding hydrogens is 372 g/mol. The van der Waals surface area contributed by atoms with Crippen LogP contribution in [-0.4, -0.2) is 34.4 Å². The van der Waals surface area contributed by atoms with E-state index in [4.69, 9.17) is 19.3 Å². The van der Waals surface area contributed by atoms with Gasteiger partial charge in [0.15, 0.2) is 6.23 Å². The lowest BCUT2D eigenvalue weighted by Gasteiger charge is -2.23. The third kappa shape index (κ3) is 4.32. The quantitative estimate of drug-likeness (QED) is 0.630. The summed E-state index contributed by atoms with van der Waals surface area (Å²) in [5, 5.41) is 8.61. The first kappa shape index (κ1) is 19.2. The predicted molar refractivity (Wildman–Crippen MR) is 108 cm³/mol. The highest BCUT2D eigenvalue weighted by molar-refractivity contribution is 5.84. The fourth-order valence-corrected chi connectivity index (χ4v) is 3.41. The Kier molecular flexibility index (Phi) is 5.62. The smallest absolute Gasteiger partial charge is 0.303 e. The number of aromatic nitrogens is 3. The molecule has 0 bridgehead atoms. The van der Waals surface area contributed by atoms with E-state index in [-0.39, 0.29) is 18.8 Å². The van der Waals surface area contributed by atoms with Crippen LogP contribution in [0.5, 0.6) is 11.5 Å². The van der Waals surface area contributed by atoms with Crippen molar-refractivity contribution >= 4 is 22.6 Å². The maximum atomic E-state index is 11.3. The van der Waals surface area contributed by atoms with Crippen molar-refractivity contribution < 1.29 is 19.0 Å². The molecule has 0 spiro atoms. The molecule has 1 unspecified atom stereocenters. The van der Waals surface area contributed by atoms with E-state index < -0.39 is 0 Å². The average Bonchev–Trinajstić information content (AvgIpc) is 3.11. The summed E-state index contributed by atoms with van der Waals surface area (Å²) >= 11 is 0. The molecule has 0 aliphatic carbocycles. The van der Waals surface area contributed by atoms with Crippen LogP contribution in [0.4, 0.5) is 5.69 Å². The van der Waals surface area contributed by atoms with Crippen molar-refractivity contribution in [3.05, 3.63) is 42.4 Å². The Balaban J connectivity index is 1.68. The van der Waals surface area contributed by atoms with E-state index in [0.717, 1.165) is 42.5 Å². The first-order valence-corrected chi connectivity index (χ1v) is 9.71. The summed E-state index contributed by atoms with van der Waals surface area (Å²) in [6.45, 7) is 2.22. The number of hydrogen-bond donors (Lipinski definition) is 1.